The fraction of sp³-hybridized carbons (Fsp3) is 0.133. The van der Waals surface area contributed by atoms with Gasteiger partial charge in [0, 0.05) is 12.3 Å². The molecule has 110 valence electrons. The standard InChI is InChI=1S/C15H12BrF2NO2/c1-20-11-7-12(21-2)15(18)10(14(11)17)5-3-9-4-6-13(16)19-8-9/h3-8H,1-2H3. The molecule has 0 unspecified atom stereocenters. The van der Waals surface area contributed by atoms with Crippen LogP contribution >= 0.6 is 15.9 Å². The van der Waals surface area contributed by atoms with Gasteiger partial charge in [-0.25, -0.2) is 13.8 Å². The van der Waals surface area contributed by atoms with Crippen LogP contribution in [0.4, 0.5) is 8.78 Å². The average molecular weight is 356 g/mol. The lowest BCUT2D eigenvalue weighted by Crippen LogP contribution is -1.98. The van der Waals surface area contributed by atoms with Gasteiger partial charge in [0.15, 0.2) is 23.1 Å². The predicted octanol–water partition coefficient (Wildman–Crippen LogP) is 4.31. The third-order valence-corrected chi connectivity index (χ3v) is 3.27. The SMILES string of the molecule is COc1cc(OC)c(F)c(C=Cc2ccc(Br)nc2)c1F. The highest BCUT2D eigenvalue weighted by atomic mass is 79.9. The Hall–Kier alpha value is -1.95. The Morgan fingerprint density at radius 3 is 2.14 bits per heavy atom. The Morgan fingerprint density at radius 1 is 1.05 bits per heavy atom. The van der Waals surface area contributed by atoms with Crippen molar-refractivity contribution in [3.8, 4) is 11.5 Å². The van der Waals surface area contributed by atoms with Gasteiger partial charge in [-0.15, -0.1) is 0 Å². The van der Waals surface area contributed by atoms with Crippen molar-refractivity contribution in [2.24, 2.45) is 0 Å². The second-order valence-electron chi connectivity index (χ2n) is 4.07. The van der Waals surface area contributed by atoms with Crippen LogP contribution in [0.15, 0.2) is 29.0 Å². The quantitative estimate of drug-likeness (QED) is 0.765. The van der Waals surface area contributed by atoms with Gasteiger partial charge in [0.2, 0.25) is 0 Å². The van der Waals surface area contributed by atoms with Gasteiger partial charge in [0.1, 0.15) is 4.60 Å². The number of halogens is 3. The number of nitrogens with zero attached hydrogens (tertiary/aromatic N) is 1. The third-order valence-electron chi connectivity index (χ3n) is 2.80. The van der Waals surface area contributed by atoms with Crippen LogP contribution in [0.5, 0.6) is 11.5 Å². The number of aromatic nitrogens is 1. The van der Waals surface area contributed by atoms with Gasteiger partial charge in [0.25, 0.3) is 0 Å². The van der Waals surface area contributed by atoms with E-state index in [2.05, 4.69) is 20.9 Å². The van der Waals surface area contributed by atoms with Crippen molar-refractivity contribution in [2.45, 2.75) is 0 Å². The summed E-state index contributed by atoms with van der Waals surface area (Å²) >= 11 is 3.21. The number of rotatable bonds is 4. The smallest absolute Gasteiger partial charge is 0.175 e. The maximum absolute atomic E-state index is 14.1. The van der Waals surface area contributed by atoms with E-state index >= 15 is 0 Å². The number of benzene rings is 1. The molecule has 0 saturated carbocycles. The summed E-state index contributed by atoms with van der Waals surface area (Å²) in [5.74, 6) is -1.72. The van der Waals surface area contributed by atoms with Gasteiger partial charge in [-0.05, 0) is 33.6 Å². The van der Waals surface area contributed by atoms with Crippen molar-refractivity contribution in [3.63, 3.8) is 0 Å². The molecule has 0 spiro atoms. The van der Waals surface area contributed by atoms with Gasteiger partial charge in [0.05, 0.1) is 19.8 Å². The molecule has 0 saturated heterocycles. The minimum absolute atomic E-state index is 0.0816. The molecule has 1 aromatic carbocycles. The minimum atomic E-state index is -0.780. The predicted molar refractivity (Wildman–Crippen MR) is 80.3 cm³/mol. The summed E-state index contributed by atoms with van der Waals surface area (Å²) in [7, 11) is 2.61. The molecule has 3 nitrogen and oxygen atoms in total. The van der Waals surface area contributed by atoms with Crippen LogP contribution < -0.4 is 9.47 Å². The monoisotopic (exact) mass is 355 g/mol. The van der Waals surface area contributed by atoms with Gasteiger partial charge in [-0.1, -0.05) is 12.1 Å². The van der Waals surface area contributed by atoms with E-state index in [-0.39, 0.29) is 17.1 Å². The summed E-state index contributed by atoms with van der Waals surface area (Å²) in [5, 5.41) is 0. The highest BCUT2D eigenvalue weighted by Gasteiger charge is 2.17. The Labute approximate surface area is 129 Å². The number of ether oxygens (including phenoxy) is 2. The summed E-state index contributed by atoms with van der Waals surface area (Å²) in [5.41, 5.74) is 0.480. The molecular formula is C15H12BrF2NO2. The highest BCUT2D eigenvalue weighted by molar-refractivity contribution is 9.10. The van der Waals surface area contributed by atoms with E-state index in [1.54, 1.807) is 24.4 Å². The molecule has 6 heteroatoms. The van der Waals surface area contributed by atoms with E-state index in [0.717, 1.165) is 0 Å². The van der Waals surface area contributed by atoms with Crippen molar-refractivity contribution < 1.29 is 18.3 Å². The number of methoxy groups -OCH3 is 2. The summed E-state index contributed by atoms with van der Waals surface area (Å²) < 4.78 is 38.7. The molecule has 0 bridgehead atoms. The zero-order valence-corrected chi connectivity index (χ0v) is 12.9. The normalized spacial score (nSPS) is 10.9. The first-order chi connectivity index (χ1) is 10.1. The third kappa shape index (κ3) is 3.39. The zero-order valence-electron chi connectivity index (χ0n) is 11.4. The lowest BCUT2D eigenvalue weighted by Gasteiger charge is -2.10. The van der Waals surface area contributed by atoms with Crippen LogP contribution in [0.1, 0.15) is 11.1 Å². The van der Waals surface area contributed by atoms with Crippen molar-refractivity contribution in [1.29, 1.82) is 0 Å². The van der Waals surface area contributed by atoms with E-state index in [4.69, 9.17) is 9.47 Å². The lowest BCUT2D eigenvalue weighted by molar-refractivity contribution is 0.357. The molecule has 2 rings (SSSR count). The summed E-state index contributed by atoms with van der Waals surface area (Å²) in [4.78, 5) is 4.03. The summed E-state index contributed by atoms with van der Waals surface area (Å²) in [6.07, 6.45) is 4.45. The van der Waals surface area contributed by atoms with Gasteiger partial charge in [-0.3, -0.25) is 0 Å². The number of pyridine rings is 1. The molecule has 21 heavy (non-hydrogen) atoms. The second kappa shape index (κ2) is 6.67. The van der Waals surface area contributed by atoms with Crippen molar-refractivity contribution in [2.75, 3.05) is 14.2 Å². The van der Waals surface area contributed by atoms with Crippen LogP contribution in [-0.2, 0) is 0 Å². The zero-order chi connectivity index (χ0) is 15.4. The Kier molecular flexibility index (Phi) is 4.90. The summed E-state index contributed by atoms with van der Waals surface area (Å²) in [6, 6.07) is 4.67. The first kappa shape index (κ1) is 15.4. The second-order valence-corrected chi connectivity index (χ2v) is 4.88. The van der Waals surface area contributed by atoms with Crippen molar-refractivity contribution >= 4 is 28.1 Å². The first-order valence-corrected chi connectivity index (χ1v) is 6.75. The topological polar surface area (TPSA) is 31.4 Å². The fourth-order valence-corrected chi connectivity index (χ4v) is 1.95. The van der Waals surface area contributed by atoms with Crippen LogP contribution in [-0.4, -0.2) is 19.2 Å². The maximum atomic E-state index is 14.1. The van der Waals surface area contributed by atoms with Gasteiger partial charge >= 0.3 is 0 Å². The molecule has 0 amide bonds. The van der Waals surface area contributed by atoms with E-state index in [1.165, 1.54) is 26.4 Å². The number of hydrogen-bond donors (Lipinski definition) is 0. The van der Waals surface area contributed by atoms with Crippen LogP contribution in [0, 0.1) is 11.6 Å². The summed E-state index contributed by atoms with van der Waals surface area (Å²) in [6.45, 7) is 0. The highest BCUT2D eigenvalue weighted by Crippen LogP contribution is 2.32. The van der Waals surface area contributed by atoms with E-state index in [9.17, 15) is 8.78 Å². The molecule has 0 aliphatic heterocycles. The first-order valence-electron chi connectivity index (χ1n) is 5.96. The molecule has 2 aromatic rings. The number of hydrogen-bond acceptors (Lipinski definition) is 3. The van der Waals surface area contributed by atoms with E-state index < -0.39 is 11.6 Å². The molecular weight excluding hydrogens is 344 g/mol. The average Bonchev–Trinajstić information content (AvgIpc) is 2.49. The largest absolute Gasteiger partial charge is 0.494 e. The lowest BCUT2D eigenvalue weighted by atomic mass is 10.1. The van der Waals surface area contributed by atoms with Gasteiger partial charge in [-0.2, -0.15) is 0 Å². The molecule has 0 atom stereocenters. The van der Waals surface area contributed by atoms with E-state index in [1.807, 2.05) is 0 Å². The van der Waals surface area contributed by atoms with E-state index in [0.29, 0.717) is 10.2 Å². The van der Waals surface area contributed by atoms with Crippen molar-refractivity contribution in [3.05, 3.63) is 51.8 Å². The van der Waals surface area contributed by atoms with Crippen LogP contribution in [0.2, 0.25) is 0 Å². The molecule has 0 aliphatic carbocycles. The molecule has 0 N–H and O–H groups in total. The Balaban J connectivity index is 2.45. The minimum Gasteiger partial charge on any atom is -0.494 e. The fourth-order valence-electron chi connectivity index (χ4n) is 1.72. The molecule has 0 radical (unpaired) electrons. The maximum Gasteiger partial charge on any atom is 0.175 e. The Morgan fingerprint density at radius 2 is 1.67 bits per heavy atom. The van der Waals surface area contributed by atoms with Crippen LogP contribution in [0.3, 0.4) is 0 Å². The molecule has 0 fully saturated rings. The van der Waals surface area contributed by atoms with Gasteiger partial charge < -0.3 is 9.47 Å². The van der Waals surface area contributed by atoms with Crippen molar-refractivity contribution in [1.82, 2.24) is 4.98 Å². The molecule has 1 heterocycles. The molecule has 0 aliphatic rings. The Bertz CT molecular complexity index is 644. The van der Waals surface area contributed by atoms with Crippen LogP contribution in [0.25, 0.3) is 12.2 Å². The molecule has 1 aromatic heterocycles.